The van der Waals surface area contributed by atoms with Gasteiger partial charge in [-0.3, -0.25) is 0 Å². The molecular weight excluding hydrogens is 520 g/mol. The van der Waals surface area contributed by atoms with Crippen LogP contribution in [0.15, 0.2) is 36.4 Å². The van der Waals surface area contributed by atoms with Crippen LogP contribution in [0.25, 0.3) is 0 Å². The Balaban J connectivity index is 2.81. The molecule has 0 fully saturated rings. The maximum absolute atomic E-state index is 13.1. The molecule has 0 aliphatic heterocycles. The zero-order chi connectivity index (χ0) is 21.5. The van der Waals surface area contributed by atoms with Crippen LogP contribution in [-0.2, 0) is 12.6 Å². The summed E-state index contributed by atoms with van der Waals surface area (Å²) in [5.74, 6) is 0. The molecule has 0 atom stereocenters. The molecule has 2 aromatic rings. The normalized spacial score (nSPS) is 13.5. The molecule has 0 unspecified atom stereocenters. The third-order valence-electron chi connectivity index (χ3n) is 4.05. The molecule has 28 heavy (non-hydrogen) atoms. The Labute approximate surface area is 173 Å². The second-order valence-electron chi connectivity index (χ2n) is 7.65. The fourth-order valence-corrected chi connectivity index (χ4v) is 14.5. The molecule has 0 aliphatic carbocycles. The number of halogens is 4. The summed E-state index contributed by atoms with van der Waals surface area (Å²) in [5.41, 5.74) is -2.98. The summed E-state index contributed by atoms with van der Waals surface area (Å²) in [6.07, 6.45) is 0. The first-order chi connectivity index (χ1) is 12.6. The molecule has 0 N–H and O–H groups in total. The van der Waals surface area contributed by atoms with Crippen molar-refractivity contribution in [1.82, 2.24) is 0 Å². The van der Waals surface area contributed by atoms with Crippen molar-refractivity contribution in [3.63, 3.8) is 0 Å². The second kappa shape index (κ2) is 8.08. The van der Waals surface area contributed by atoms with Crippen LogP contribution >= 0.6 is 20.2 Å². The van der Waals surface area contributed by atoms with Crippen molar-refractivity contribution in [3.05, 3.63) is 60.2 Å². The first-order valence-electron chi connectivity index (χ1n) is 8.54. The molecule has 3 nitrogen and oxygen atoms in total. The fourth-order valence-electron chi connectivity index (χ4n) is 2.94. The van der Waals surface area contributed by atoms with Crippen LogP contribution in [-0.4, -0.2) is 22.0 Å². The Morgan fingerprint density at radius 1 is 0.964 bits per heavy atom. The summed E-state index contributed by atoms with van der Waals surface area (Å²) in [7, 11) is -7.67. The van der Waals surface area contributed by atoms with E-state index in [9.17, 15) is 21.6 Å². The van der Waals surface area contributed by atoms with Crippen LogP contribution in [0.2, 0.25) is 19.6 Å². The SMILES string of the molecule is Cc1cc(C)c(I(OS(=O)(=O)C(F)(F)F)c2ccccc2[Si](C)(C)C)c(C)c1. The molecular formula is C19H24F3IO3SSi. The van der Waals surface area contributed by atoms with Gasteiger partial charge in [-0.15, -0.1) is 0 Å². The van der Waals surface area contributed by atoms with E-state index in [-0.39, 0.29) is 0 Å². The molecule has 156 valence electrons. The first kappa shape index (κ1) is 23.4. The van der Waals surface area contributed by atoms with Gasteiger partial charge in [-0.1, -0.05) is 0 Å². The van der Waals surface area contributed by atoms with Crippen LogP contribution < -0.4 is 5.19 Å². The van der Waals surface area contributed by atoms with Crippen LogP contribution in [0.5, 0.6) is 0 Å². The van der Waals surface area contributed by atoms with E-state index in [4.69, 9.17) is 2.51 Å². The van der Waals surface area contributed by atoms with Gasteiger partial charge in [0.25, 0.3) is 0 Å². The van der Waals surface area contributed by atoms with Crippen LogP contribution in [0, 0.1) is 27.9 Å². The fraction of sp³-hybridized carbons (Fsp3) is 0.368. The van der Waals surface area contributed by atoms with E-state index in [2.05, 4.69) is 19.6 Å². The Kier molecular flexibility index (Phi) is 6.74. The van der Waals surface area contributed by atoms with Gasteiger partial charge in [0, 0.05) is 0 Å². The number of hydrogen-bond acceptors (Lipinski definition) is 3. The molecule has 0 aromatic heterocycles. The van der Waals surface area contributed by atoms with Gasteiger partial charge in [0.1, 0.15) is 0 Å². The van der Waals surface area contributed by atoms with E-state index < -0.39 is 43.9 Å². The van der Waals surface area contributed by atoms with E-state index in [1.54, 1.807) is 26.0 Å². The standard InChI is InChI=1S/C19H24F3IO3SSi/c1-13-11-14(2)18(15(3)12-13)23(26-27(24,25)19(20,21)22)16-9-7-8-10-17(16)28(4,5)6/h7-12H,1-6H3. The summed E-state index contributed by atoms with van der Waals surface area (Å²) in [5, 5.41) is 0.928. The Morgan fingerprint density at radius 3 is 1.93 bits per heavy atom. The van der Waals surface area contributed by atoms with Crippen molar-refractivity contribution in [2.24, 2.45) is 0 Å². The van der Waals surface area contributed by atoms with Crippen LogP contribution in [0.3, 0.4) is 0 Å². The summed E-state index contributed by atoms with van der Waals surface area (Å²) in [4.78, 5) is 0. The minimum atomic E-state index is -5.71. The first-order valence-corrected chi connectivity index (χ1v) is 16.5. The average molecular weight is 544 g/mol. The van der Waals surface area contributed by atoms with Crippen molar-refractivity contribution >= 4 is 43.6 Å². The average Bonchev–Trinajstić information content (AvgIpc) is 2.51. The van der Waals surface area contributed by atoms with Gasteiger partial charge < -0.3 is 0 Å². The third kappa shape index (κ3) is 4.98. The molecule has 2 rings (SSSR count). The summed E-state index contributed by atoms with van der Waals surface area (Å²) in [6.45, 7) is 11.7. The van der Waals surface area contributed by atoms with Crippen molar-refractivity contribution in [3.8, 4) is 0 Å². The Hall–Kier alpha value is -0.913. The topological polar surface area (TPSA) is 43.4 Å². The van der Waals surface area contributed by atoms with Crippen molar-refractivity contribution in [2.75, 3.05) is 0 Å². The number of aryl methyl sites for hydroxylation is 3. The zero-order valence-electron chi connectivity index (χ0n) is 16.6. The molecule has 0 saturated carbocycles. The molecule has 9 heteroatoms. The summed E-state index contributed by atoms with van der Waals surface area (Å²) in [6, 6.07) is 10.9. The van der Waals surface area contributed by atoms with Gasteiger partial charge in [0.2, 0.25) is 0 Å². The molecule has 0 spiro atoms. The van der Waals surface area contributed by atoms with Crippen LogP contribution in [0.1, 0.15) is 16.7 Å². The Bertz CT molecular complexity index is 960. The number of rotatable bonds is 5. The van der Waals surface area contributed by atoms with E-state index in [1.807, 2.05) is 31.2 Å². The monoisotopic (exact) mass is 544 g/mol. The molecule has 0 radical (unpaired) electrons. The second-order valence-corrected chi connectivity index (χ2v) is 18.9. The minimum absolute atomic E-state index is 0.605. The molecule has 0 saturated heterocycles. The van der Waals surface area contributed by atoms with Crippen LogP contribution in [0.4, 0.5) is 13.2 Å². The zero-order valence-corrected chi connectivity index (χ0v) is 20.6. The number of hydrogen-bond donors (Lipinski definition) is 0. The maximum atomic E-state index is 13.1. The van der Waals surface area contributed by atoms with Gasteiger partial charge in [0.05, 0.1) is 0 Å². The third-order valence-corrected chi connectivity index (χ3v) is 14.6. The van der Waals surface area contributed by atoms with E-state index in [0.29, 0.717) is 7.14 Å². The van der Waals surface area contributed by atoms with Gasteiger partial charge in [-0.25, -0.2) is 0 Å². The number of benzene rings is 2. The molecule has 0 aliphatic rings. The van der Waals surface area contributed by atoms with Gasteiger partial charge in [-0.05, 0) is 0 Å². The van der Waals surface area contributed by atoms with E-state index >= 15 is 0 Å². The van der Waals surface area contributed by atoms with Gasteiger partial charge >= 0.3 is 174 Å². The Morgan fingerprint density at radius 2 is 1.46 bits per heavy atom. The predicted octanol–water partition coefficient (Wildman–Crippen LogP) is 5.48. The molecule has 0 bridgehead atoms. The molecule has 0 amide bonds. The van der Waals surface area contributed by atoms with E-state index in [0.717, 1.165) is 21.9 Å². The van der Waals surface area contributed by atoms with Gasteiger partial charge in [0.15, 0.2) is 0 Å². The number of alkyl halides is 3. The van der Waals surface area contributed by atoms with Crippen molar-refractivity contribution < 1.29 is 24.1 Å². The molecule has 0 heterocycles. The van der Waals surface area contributed by atoms with Gasteiger partial charge in [-0.2, -0.15) is 0 Å². The van der Waals surface area contributed by atoms with E-state index in [1.165, 1.54) is 0 Å². The predicted molar refractivity (Wildman–Crippen MR) is 118 cm³/mol. The quantitative estimate of drug-likeness (QED) is 0.285. The summed E-state index contributed by atoms with van der Waals surface area (Å²) < 4.78 is 69.6. The molecule has 2 aromatic carbocycles. The van der Waals surface area contributed by atoms with Crippen molar-refractivity contribution in [2.45, 2.75) is 45.9 Å². The summed E-state index contributed by atoms with van der Waals surface area (Å²) >= 11 is -3.42. The van der Waals surface area contributed by atoms with Crippen molar-refractivity contribution in [1.29, 1.82) is 0 Å².